The van der Waals surface area contributed by atoms with Crippen molar-refractivity contribution in [2.24, 2.45) is 0 Å². The highest BCUT2D eigenvalue weighted by Crippen LogP contribution is 2.28. The summed E-state index contributed by atoms with van der Waals surface area (Å²) in [5.41, 5.74) is 0. The van der Waals surface area contributed by atoms with Crippen molar-refractivity contribution in [2.45, 2.75) is 196 Å². The molecule has 0 N–H and O–H groups in total. The summed E-state index contributed by atoms with van der Waals surface area (Å²) < 4.78 is 45.1. The van der Waals surface area contributed by atoms with Crippen LogP contribution < -0.4 is 0 Å². The van der Waals surface area contributed by atoms with Crippen molar-refractivity contribution in [1.82, 2.24) is 0 Å². The Morgan fingerprint density at radius 2 is 0.681 bits per heavy atom. The van der Waals surface area contributed by atoms with E-state index in [9.17, 15) is 0 Å². The number of unbranched alkanes of at least 4 members (excludes halogenated alkanes) is 14. The van der Waals surface area contributed by atoms with E-state index in [-0.39, 0.29) is 0 Å². The van der Waals surface area contributed by atoms with Gasteiger partial charge in [0.15, 0.2) is 11.5 Å². The molecule has 0 saturated heterocycles. The van der Waals surface area contributed by atoms with Gasteiger partial charge in [-0.1, -0.05) is 118 Å². The van der Waals surface area contributed by atoms with E-state index in [1.807, 2.05) is 27.7 Å². The predicted molar refractivity (Wildman–Crippen MR) is 196 cm³/mol. The molecule has 0 aromatic heterocycles. The van der Waals surface area contributed by atoms with Crippen LogP contribution in [-0.2, 0) is 33.2 Å². The summed E-state index contributed by atoms with van der Waals surface area (Å²) in [5.74, 6) is 2.84. The second-order valence-corrected chi connectivity index (χ2v) is 12.3. The zero-order valence-corrected chi connectivity index (χ0v) is 32.4. The Balaban J connectivity index is 6.58. The first-order valence-corrected chi connectivity index (χ1v) is 19.9. The minimum Gasteiger partial charge on any atom is -0.495 e. The van der Waals surface area contributed by atoms with Crippen LogP contribution in [0.25, 0.3) is 0 Å². The molecule has 0 radical (unpaired) electrons. The van der Waals surface area contributed by atoms with Gasteiger partial charge in [-0.3, -0.25) is 0 Å². The summed E-state index contributed by atoms with van der Waals surface area (Å²) in [6, 6.07) is 0. The van der Waals surface area contributed by atoms with Gasteiger partial charge < -0.3 is 33.2 Å². The average Bonchev–Trinajstić information content (AvgIpc) is 3.07. The lowest BCUT2D eigenvalue weighted by Gasteiger charge is -2.30. The lowest BCUT2D eigenvalue weighted by atomic mass is 10.1. The van der Waals surface area contributed by atoms with Gasteiger partial charge in [0, 0.05) is 12.8 Å². The second kappa shape index (κ2) is 34.4. The van der Waals surface area contributed by atoms with E-state index < -0.39 is 12.6 Å². The fourth-order valence-corrected chi connectivity index (χ4v) is 5.43. The molecule has 0 aliphatic rings. The fraction of sp³-hybridized carbons (Fsp3) is 0.900. The molecule has 0 rings (SSSR count). The van der Waals surface area contributed by atoms with Gasteiger partial charge in [-0.15, -0.1) is 0 Å². The van der Waals surface area contributed by atoms with Gasteiger partial charge in [-0.05, 0) is 53.4 Å². The van der Waals surface area contributed by atoms with Crippen LogP contribution in [0.4, 0.5) is 0 Å². The van der Waals surface area contributed by atoms with Gasteiger partial charge in [-0.25, -0.2) is 0 Å². The van der Waals surface area contributed by atoms with Crippen LogP contribution in [0.5, 0.6) is 0 Å². The van der Waals surface area contributed by atoms with Crippen LogP contribution in [0.15, 0.2) is 23.0 Å². The van der Waals surface area contributed by atoms with Gasteiger partial charge in [-0.2, -0.15) is 0 Å². The Bertz CT molecular complexity index is 676. The molecule has 0 aliphatic carbocycles. The lowest BCUT2D eigenvalue weighted by Crippen LogP contribution is -2.34. The number of allylic oxidation sites excluding steroid dienone is 2. The van der Waals surface area contributed by atoms with Crippen molar-refractivity contribution in [1.29, 1.82) is 0 Å². The van der Waals surface area contributed by atoms with E-state index in [2.05, 4.69) is 27.7 Å². The summed E-state index contributed by atoms with van der Waals surface area (Å²) in [5, 5.41) is 0. The Kier molecular flexibility index (Phi) is 33.4. The van der Waals surface area contributed by atoms with Gasteiger partial charge in [0.05, 0.1) is 39.6 Å². The zero-order chi connectivity index (χ0) is 34.8. The van der Waals surface area contributed by atoms with Crippen molar-refractivity contribution in [3.8, 4) is 0 Å². The molecular formula is C40H78O7. The molecule has 0 saturated carbocycles. The zero-order valence-electron chi connectivity index (χ0n) is 32.4. The molecule has 280 valence electrons. The molecule has 0 aromatic carbocycles. The van der Waals surface area contributed by atoms with Crippen molar-refractivity contribution >= 4 is 0 Å². The molecule has 2 atom stereocenters. The maximum Gasteiger partial charge on any atom is 0.223 e. The smallest absolute Gasteiger partial charge is 0.223 e. The van der Waals surface area contributed by atoms with E-state index in [0.717, 1.165) is 88.6 Å². The Morgan fingerprint density at radius 3 is 1.02 bits per heavy atom. The molecule has 0 amide bonds. The molecule has 7 heteroatoms. The quantitative estimate of drug-likeness (QED) is 0.0373. The molecule has 0 bridgehead atoms. The molecule has 0 spiro atoms. The van der Waals surface area contributed by atoms with Gasteiger partial charge >= 0.3 is 0 Å². The molecule has 2 unspecified atom stereocenters. The van der Waals surface area contributed by atoms with E-state index in [0.29, 0.717) is 51.2 Å². The van der Waals surface area contributed by atoms with Gasteiger partial charge in [0.2, 0.25) is 12.6 Å². The standard InChI is InChI=1S/C40H78O7/c1-9-17-21-23-25-29-33-45-39(37(43-15-7)35(41-13-5)31-27-19-11-3)47-40(46-34-30-26-24-22-18-10-2)38(44-16-8)36(42-14-6)32-28-20-12-4/h39-40H,9-34H2,1-8H3. The molecule has 0 fully saturated rings. The maximum atomic E-state index is 6.87. The summed E-state index contributed by atoms with van der Waals surface area (Å²) in [7, 11) is 0. The minimum absolute atomic E-state index is 0.485. The first-order chi connectivity index (χ1) is 23.1. The van der Waals surface area contributed by atoms with Crippen molar-refractivity contribution < 1.29 is 33.2 Å². The van der Waals surface area contributed by atoms with E-state index in [1.165, 1.54) is 51.4 Å². The third kappa shape index (κ3) is 23.5. The SMILES string of the molecule is CCCCCCCCOC(OC(OCCCCCCCC)C(OCC)=C(CCCCC)OCC)C(OCC)=C(CCCCC)OCC. The molecular weight excluding hydrogens is 592 g/mol. The summed E-state index contributed by atoms with van der Waals surface area (Å²) in [6.45, 7) is 20.2. The van der Waals surface area contributed by atoms with Crippen molar-refractivity contribution in [3.05, 3.63) is 23.0 Å². The largest absolute Gasteiger partial charge is 0.495 e. The maximum absolute atomic E-state index is 6.87. The summed E-state index contributed by atoms with van der Waals surface area (Å²) >= 11 is 0. The van der Waals surface area contributed by atoms with Crippen molar-refractivity contribution in [3.63, 3.8) is 0 Å². The first-order valence-electron chi connectivity index (χ1n) is 19.9. The molecule has 0 aromatic rings. The third-order valence-corrected chi connectivity index (χ3v) is 8.01. The summed E-state index contributed by atoms with van der Waals surface area (Å²) in [4.78, 5) is 0. The van der Waals surface area contributed by atoms with Crippen molar-refractivity contribution in [2.75, 3.05) is 39.6 Å². The molecule has 0 aliphatic heterocycles. The van der Waals surface area contributed by atoms with Crippen LogP contribution in [0, 0.1) is 0 Å². The number of hydrogen-bond acceptors (Lipinski definition) is 7. The predicted octanol–water partition coefficient (Wildman–Crippen LogP) is 12.1. The number of ether oxygens (including phenoxy) is 7. The van der Waals surface area contributed by atoms with Crippen LogP contribution in [0.3, 0.4) is 0 Å². The Labute approximate surface area is 291 Å². The van der Waals surface area contributed by atoms with Gasteiger partial charge in [0.25, 0.3) is 0 Å². The first kappa shape index (κ1) is 45.6. The minimum atomic E-state index is -0.794. The fourth-order valence-electron chi connectivity index (χ4n) is 5.43. The molecule has 47 heavy (non-hydrogen) atoms. The molecule has 7 nitrogen and oxygen atoms in total. The Hall–Kier alpha value is -1.44. The van der Waals surface area contributed by atoms with E-state index in [1.54, 1.807) is 0 Å². The Morgan fingerprint density at radius 1 is 0.362 bits per heavy atom. The van der Waals surface area contributed by atoms with Crippen LogP contribution in [-0.4, -0.2) is 52.2 Å². The summed E-state index contributed by atoms with van der Waals surface area (Å²) in [6.07, 6.45) is 20.7. The topological polar surface area (TPSA) is 64.6 Å². The number of hydrogen-bond donors (Lipinski definition) is 0. The third-order valence-electron chi connectivity index (χ3n) is 8.01. The van der Waals surface area contributed by atoms with Gasteiger partial charge in [0.1, 0.15) is 11.5 Å². The lowest BCUT2D eigenvalue weighted by molar-refractivity contribution is -0.242. The van der Waals surface area contributed by atoms with Crippen LogP contribution in [0.2, 0.25) is 0 Å². The van der Waals surface area contributed by atoms with E-state index in [4.69, 9.17) is 33.2 Å². The normalized spacial score (nSPS) is 14.0. The van der Waals surface area contributed by atoms with E-state index >= 15 is 0 Å². The average molecular weight is 671 g/mol. The highest BCUT2D eigenvalue weighted by molar-refractivity contribution is 5.09. The highest BCUT2D eigenvalue weighted by atomic mass is 16.8. The monoisotopic (exact) mass is 671 g/mol. The highest BCUT2D eigenvalue weighted by Gasteiger charge is 2.32. The van der Waals surface area contributed by atoms with Crippen LogP contribution in [0.1, 0.15) is 184 Å². The van der Waals surface area contributed by atoms with Crippen LogP contribution >= 0.6 is 0 Å². The number of rotatable bonds is 36. The second-order valence-electron chi connectivity index (χ2n) is 12.3. The molecule has 0 heterocycles.